The van der Waals surface area contributed by atoms with Gasteiger partial charge in [0.15, 0.2) is 17.5 Å². The molecule has 0 radical (unpaired) electrons. The van der Waals surface area contributed by atoms with Gasteiger partial charge in [0.1, 0.15) is 0 Å². The number of methoxy groups -OCH3 is 2. The lowest BCUT2D eigenvalue weighted by Crippen LogP contribution is -2.23. The molecule has 0 aromatic heterocycles. The number of halogens is 1. The van der Waals surface area contributed by atoms with Crippen molar-refractivity contribution in [2.45, 2.75) is 5.75 Å². The van der Waals surface area contributed by atoms with Gasteiger partial charge in [-0.25, -0.2) is 0 Å². The lowest BCUT2D eigenvalue weighted by molar-refractivity contribution is 0.355. The molecule has 142 valence electrons. The second-order valence-corrected chi connectivity index (χ2v) is 6.81. The monoisotopic (exact) mass is 489 g/mol. The molecule has 0 amide bonds. The number of aliphatic imine (C=N–C) groups is 1. The molecule has 1 unspecified atom stereocenters. The third kappa shape index (κ3) is 7.20. The molecule has 3 N–H and O–H groups in total. The lowest BCUT2D eigenvalue weighted by atomic mass is 10.2. The third-order valence-corrected chi connectivity index (χ3v) is 4.72. The van der Waals surface area contributed by atoms with Gasteiger partial charge < -0.3 is 20.5 Å². The first-order chi connectivity index (χ1) is 12.1. The maximum absolute atomic E-state index is 12.1. The van der Waals surface area contributed by atoms with Crippen molar-refractivity contribution >= 4 is 46.4 Å². The van der Waals surface area contributed by atoms with Gasteiger partial charge in [0, 0.05) is 34.1 Å². The standard InChI is InChI=1S/C18H23N3O3S.HI/c1-23-16-9-8-15(12-17(16)24-2)21-18(19)20-10-11-25(22)13-14-6-4-3-5-7-14;/h3-9,12H,10-11,13H2,1-2H3,(H3,19,20,21);1H. The minimum Gasteiger partial charge on any atom is -0.493 e. The van der Waals surface area contributed by atoms with Gasteiger partial charge in [-0.15, -0.1) is 24.0 Å². The molecule has 2 aromatic rings. The SMILES string of the molecule is COc1ccc(NC(N)=NCCS(=O)Cc2ccccc2)cc1OC.I. The highest BCUT2D eigenvalue weighted by atomic mass is 127. The van der Waals surface area contributed by atoms with Gasteiger partial charge in [-0.3, -0.25) is 9.20 Å². The minimum atomic E-state index is -0.970. The summed E-state index contributed by atoms with van der Waals surface area (Å²) in [5.41, 5.74) is 7.67. The normalized spacial score (nSPS) is 12.0. The van der Waals surface area contributed by atoms with Crippen LogP contribution in [0.25, 0.3) is 0 Å². The van der Waals surface area contributed by atoms with E-state index < -0.39 is 10.8 Å². The molecule has 0 saturated carbocycles. The average molecular weight is 489 g/mol. The van der Waals surface area contributed by atoms with E-state index >= 15 is 0 Å². The van der Waals surface area contributed by atoms with E-state index in [1.165, 1.54) is 0 Å². The van der Waals surface area contributed by atoms with Crippen LogP contribution in [0, 0.1) is 0 Å². The Morgan fingerprint density at radius 2 is 1.81 bits per heavy atom. The number of rotatable bonds is 8. The summed E-state index contributed by atoms with van der Waals surface area (Å²) in [7, 11) is 2.18. The Hall–Kier alpha value is -1.81. The molecule has 0 spiro atoms. The maximum atomic E-state index is 12.1. The topological polar surface area (TPSA) is 85.9 Å². The summed E-state index contributed by atoms with van der Waals surface area (Å²) in [6.45, 7) is 0.394. The average Bonchev–Trinajstić information content (AvgIpc) is 2.62. The Kier molecular flexibility index (Phi) is 10.0. The van der Waals surface area contributed by atoms with Crippen molar-refractivity contribution in [2.24, 2.45) is 10.7 Å². The molecule has 6 nitrogen and oxygen atoms in total. The van der Waals surface area contributed by atoms with Crippen LogP contribution < -0.4 is 20.5 Å². The van der Waals surface area contributed by atoms with Gasteiger partial charge in [0.25, 0.3) is 0 Å². The summed E-state index contributed by atoms with van der Waals surface area (Å²) in [4.78, 5) is 4.22. The Labute approximate surface area is 173 Å². The van der Waals surface area contributed by atoms with Crippen LogP contribution in [0.4, 0.5) is 5.69 Å². The number of guanidine groups is 1. The van der Waals surface area contributed by atoms with Gasteiger partial charge in [-0.1, -0.05) is 30.3 Å². The molecule has 0 bridgehead atoms. The molecule has 0 heterocycles. The molecule has 0 saturated heterocycles. The van der Waals surface area contributed by atoms with Crippen LogP contribution in [-0.4, -0.2) is 36.7 Å². The highest BCUT2D eigenvalue weighted by Crippen LogP contribution is 2.29. The van der Waals surface area contributed by atoms with Crippen LogP contribution >= 0.6 is 24.0 Å². The summed E-state index contributed by atoms with van der Waals surface area (Å²) in [6.07, 6.45) is 0. The van der Waals surface area contributed by atoms with Crippen molar-refractivity contribution in [1.29, 1.82) is 0 Å². The van der Waals surface area contributed by atoms with Crippen molar-refractivity contribution in [3.05, 3.63) is 54.1 Å². The highest BCUT2D eigenvalue weighted by molar-refractivity contribution is 14.0. The van der Waals surface area contributed by atoms with E-state index in [-0.39, 0.29) is 29.9 Å². The Morgan fingerprint density at radius 3 is 2.46 bits per heavy atom. The quantitative estimate of drug-likeness (QED) is 0.338. The van der Waals surface area contributed by atoms with E-state index in [0.717, 1.165) is 11.3 Å². The largest absolute Gasteiger partial charge is 0.493 e. The highest BCUT2D eigenvalue weighted by Gasteiger charge is 2.05. The number of hydrogen-bond donors (Lipinski definition) is 2. The number of benzene rings is 2. The van der Waals surface area contributed by atoms with Crippen molar-refractivity contribution in [1.82, 2.24) is 0 Å². The molecule has 8 heteroatoms. The molecule has 0 fully saturated rings. The minimum absolute atomic E-state index is 0. The Balaban J connectivity index is 0.00000338. The van der Waals surface area contributed by atoms with Crippen molar-refractivity contribution in [3.63, 3.8) is 0 Å². The first-order valence-electron chi connectivity index (χ1n) is 7.80. The first kappa shape index (κ1) is 22.2. The van der Waals surface area contributed by atoms with E-state index in [0.29, 0.717) is 29.5 Å². The zero-order chi connectivity index (χ0) is 18.1. The van der Waals surface area contributed by atoms with Gasteiger partial charge in [-0.05, 0) is 17.7 Å². The van der Waals surface area contributed by atoms with Gasteiger partial charge in [0.05, 0.1) is 20.8 Å². The van der Waals surface area contributed by atoms with Crippen molar-refractivity contribution in [3.8, 4) is 11.5 Å². The van der Waals surface area contributed by atoms with Gasteiger partial charge in [-0.2, -0.15) is 0 Å². The molecule has 1 atom stereocenters. The first-order valence-corrected chi connectivity index (χ1v) is 9.29. The number of ether oxygens (including phenoxy) is 2. The lowest BCUT2D eigenvalue weighted by Gasteiger charge is -2.10. The van der Waals surface area contributed by atoms with Crippen LogP contribution in [0.2, 0.25) is 0 Å². The fourth-order valence-corrected chi connectivity index (χ4v) is 3.21. The molecular formula is C18H24IN3O3S. The van der Waals surface area contributed by atoms with E-state index in [9.17, 15) is 4.21 Å². The molecule has 0 aliphatic rings. The number of anilines is 1. The molecule has 26 heavy (non-hydrogen) atoms. The van der Waals surface area contributed by atoms with Gasteiger partial charge >= 0.3 is 0 Å². The van der Waals surface area contributed by atoms with Crippen LogP contribution in [0.1, 0.15) is 5.56 Å². The molecule has 0 aliphatic carbocycles. The second kappa shape index (κ2) is 11.7. The molecular weight excluding hydrogens is 465 g/mol. The molecule has 2 rings (SSSR count). The second-order valence-electron chi connectivity index (χ2n) is 5.24. The predicted octanol–water partition coefficient (Wildman–Crippen LogP) is 3.00. The van der Waals surface area contributed by atoms with Crippen LogP contribution in [0.5, 0.6) is 11.5 Å². The molecule has 0 aliphatic heterocycles. The zero-order valence-corrected chi connectivity index (χ0v) is 18.0. The number of nitrogens with two attached hydrogens (primary N) is 1. The van der Waals surface area contributed by atoms with Gasteiger partial charge in [0.2, 0.25) is 0 Å². The summed E-state index contributed by atoms with van der Waals surface area (Å²) >= 11 is 0. The summed E-state index contributed by atoms with van der Waals surface area (Å²) in [5, 5.41) is 2.98. The smallest absolute Gasteiger partial charge is 0.193 e. The third-order valence-electron chi connectivity index (χ3n) is 3.43. The summed E-state index contributed by atoms with van der Waals surface area (Å²) in [5.74, 6) is 2.50. The van der Waals surface area contributed by atoms with E-state index in [4.69, 9.17) is 15.2 Å². The Morgan fingerprint density at radius 1 is 1.12 bits per heavy atom. The number of hydrogen-bond acceptors (Lipinski definition) is 4. The number of nitrogens with zero attached hydrogens (tertiary/aromatic N) is 1. The maximum Gasteiger partial charge on any atom is 0.193 e. The fraction of sp³-hybridized carbons (Fsp3) is 0.278. The Bertz CT molecular complexity index is 742. The van der Waals surface area contributed by atoms with E-state index in [1.54, 1.807) is 26.4 Å². The fourth-order valence-electron chi connectivity index (χ4n) is 2.20. The summed E-state index contributed by atoms with van der Waals surface area (Å²) < 4.78 is 22.5. The van der Waals surface area contributed by atoms with Crippen LogP contribution in [0.15, 0.2) is 53.5 Å². The zero-order valence-electron chi connectivity index (χ0n) is 14.8. The van der Waals surface area contributed by atoms with Crippen LogP contribution in [0.3, 0.4) is 0 Å². The van der Waals surface area contributed by atoms with E-state index in [2.05, 4.69) is 10.3 Å². The van der Waals surface area contributed by atoms with E-state index in [1.807, 2.05) is 36.4 Å². The number of nitrogens with one attached hydrogen (secondary N) is 1. The molecule has 2 aromatic carbocycles. The predicted molar refractivity (Wildman–Crippen MR) is 118 cm³/mol. The van der Waals surface area contributed by atoms with Crippen molar-refractivity contribution < 1.29 is 13.7 Å². The van der Waals surface area contributed by atoms with Crippen molar-refractivity contribution in [2.75, 3.05) is 31.8 Å². The summed E-state index contributed by atoms with van der Waals surface area (Å²) in [6, 6.07) is 15.1. The van der Waals surface area contributed by atoms with Crippen LogP contribution in [-0.2, 0) is 16.6 Å².